The van der Waals surface area contributed by atoms with E-state index in [1.807, 2.05) is 36.4 Å². The molecule has 0 bridgehead atoms. The second-order valence-electron chi connectivity index (χ2n) is 4.15. The van der Waals surface area contributed by atoms with Crippen molar-refractivity contribution in [3.63, 3.8) is 0 Å². The summed E-state index contributed by atoms with van der Waals surface area (Å²) in [6.07, 6.45) is 0. The van der Waals surface area contributed by atoms with Crippen LogP contribution < -0.4 is 5.73 Å². The summed E-state index contributed by atoms with van der Waals surface area (Å²) in [4.78, 5) is 1.38. The van der Waals surface area contributed by atoms with Gasteiger partial charge < -0.3 is 5.73 Å². The fraction of sp³-hybridized carbons (Fsp3) is 0. The number of benzene rings is 2. The van der Waals surface area contributed by atoms with Crippen LogP contribution in [0.2, 0.25) is 0 Å². The maximum Gasteiger partial charge on any atom is 0.205 e. The van der Waals surface area contributed by atoms with Crippen LogP contribution in [0.1, 0.15) is 5.56 Å². The van der Waals surface area contributed by atoms with Crippen molar-refractivity contribution in [1.29, 1.82) is 5.26 Å². The molecular formula is C14H10N6. The number of hydrogen-bond acceptors (Lipinski definition) is 5. The number of nitrogens with two attached hydrogens (primary N) is 1. The molecule has 0 spiro atoms. The summed E-state index contributed by atoms with van der Waals surface area (Å²) in [6.45, 7) is 0. The molecule has 0 unspecified atom stereocenters. The van der Waals surface area contributed by atoms with Gasteiger partial charge in [-0.2, -0.15) is 5.26 Å². The Bertz CT molecular complexity index is 785. The third-order valence-electron chi connectivity index (χ3n) is 2.83. The smallest absolute Gasteiger partial charge is 0.205 e. The molecule has 3 rings (SSSR count). The summed E-state index contributed by atoms with van der Waals surface area (Å²) in [5.74, 6) is 0.529. The van der Waals surface area contributed by atoms with Crippen LogP contribution in [-0.2, 0) is 0 Å². The zero-order chi connectivity index (χ0) is 13.9. The Hall–Kier alpha value is -3.20. The van der Waals surface area contributed by atoms with Crippen molar-refractivity contribution < 1.29 is 0 Å². The second kappa shape index (κ2) is 4.82. The first-order chi connectivity index (χ1) is 9.78. The molecule has 0 radical (unpaired) electrons. The lowest BCUT2D eigenvalue weighted by Crippen LogP contribution is -2.01. The molecule has 0 aliphatic carbocycles. The van der Waals surface area contributed by atoms with E-state index in [0.717, 1.165) is 5.56 Å². The maximum atomic E-state index is 8.98. The highest BCUT2D eigenvalue weighted by Crippen LogP contribution is 2.17. The number of hydrogen-bond donors (Lipinski definition) is 1. The van der Waals surface area contributed by atoms with E-state index in [1.54, 1.807) is 18.2 Å². The molecule has 1 heterocycles. The predicted octanol–water partition coefficient (Wildman–Crippen LogP) is 1.78. The molecule has 1 aromatic heterocycles. The molecule has 0 saturated heterocycles. The first-order valence-corrected chi connectivity index (χ1v) is 5.93. The van der Waals surface area contributed by atoms with Gasteiger partial charge in [-0.3, -0.25) is 0 Å². The second-order valence-corrected chi connectivity index (χ2v) is 4.15. The molecule has 0 aliphatic heterocycles. The van der Waals surface area contributed by atoms with Crippen LogP contribution in [0.15, 0.2) is 48.5 Å². The van der Waals surface area contributed by atoms with Crippen molar-refractivity contribution in [3.8, 4) is 23.1 Å². The van der Waals surface area contributed by atoms with Gasteiger partial charge in [0.1, 0.15) is 6.07 Å². The van der Waals surface area contributed by atoms with E-state index in [9.17, 15) is 0 Å². The normalized spacial score (nSPS) is 10.2. The Morgan fingerprint density at radius 3 is 2.65 bits per heavy atom. The molecule has 3 aromatic rings. The van der Waals surface area contributed by atoms with E-state index < -0.39 is 0 Å². The van der Waals surface area contributed by atoms with E-state index >= 15 is 0 Å². The van der Waals surface area contributed by atoms with Crippen molar-refractivity contribution in [2.75, 3.05) is 5.73 Å². The van der Waals surface area contributed by atoms with Crippen LogP contribution in [0.25, 0.3) is 17.1 Å². The van der Waals surface area contributed by atoms with Gasteiger partial charge in [0.05, 0.1) is 11.3 Å². The standard InChI is InChI=1S/C14H10N6/c15-9-11-8-12(6-7-13(11)16)20-18-14(17-19-20)10-4-2-1-3-5-10/h1-8H,16H2. The van der Waals surface area contributed by atoms with Crippen molar-refractivity contribution in [3.05, 3.63) is 54.1 Å². The third-order valence-corrected chi connectivity index (χ3v) is 2.83. The fourth-order valence-corrected chi connectivity index (χ4v) is 1.79. The number of rotatable bonds is 2. The lowest BCUT2D eigenvalue weighted by atomic mass is 10.2. The summed E-state index contributed by atoms with van der Waals surface area (Å²) in [5.41, 5.74) is 8.03. The van der Waals surface area contributed by atoms with Crippen LogP contribution >= 0.6 is 0 Å². The topological polar surface area (TPSA) is 93.4 Å². The molecule has 96 valence electrons. The van der Waals surface area contributed by atoms with Gasteiger partial charge in [-0.15, -0.1) is 15.0 Å². The summed E-state index contributed by atoms with van der Waals surface area (Å²) < 4.78 is 0. The number of anilines is 1. The fourth-order valence-electron chi connectivity index (χ4n) is 1.79. The van der Waals surface area contributed by atoms with Crippen molar-refractivity contribution in [2.24, 2.45) is 0 Å². The van der Waals surface area contributed by atoms with E-state index in [2.05, 4.69) is 15.4 Å². The monoisotopic (exact) mass is 262 g/mol. The van der Waals surface area contributed by atoms with Crippen molar-refractivity contribution in [1.82, 2.24) is 20.2 Å². The summed E-state index contributed by atoms with van der Waals surface area (Å²) in [7, 11) is 0. The van der Waals surface area contributed by atoms with Crippen LogP contribution in [0, 0.1) is 11.3 Å². The molecule has 0 aliphatic rings. The highest BCUT2D eigenvalue weighted by molar-refractivity contribution is 5.58. The van der Waals surface area contributed by atoms with Crippen LogP contribution in [-0.4, -0.2) is 20.2 Å². The summed E-state index contributed by atoms with van der Waals surface area (Å²) in [5, 5.41) is 21.3. The maximum absolute atomic E-state index is 8.98. The lowest BCUT2D eigenvalue weighted by Gasteiger charge is -2.01. The number of nitrogen functional groups attached to an aromatic ring is 1. The first-order valence-electron chi connectivity index (χ1n) is 5.93. The first kappa shape index (κ1) is 11.9. The van der Waals surface area contributed by atoms with Gasteiger partial charge in [-0.25, -0.2) is 0 Å². The van der Waals surface area contributed by atoms with E-state index in [-0.39, 0.29) is 0 Å². The Kier molecular flexibility index (Phi) is 2.86. The Labute approximate surface area is 115 Å². The SMILES string of the molecule is N#Cc1cc(-n2nnc(-c3ccccc3)n2)ccc1N. The number of tetrazole rings is 1. The highest BCUT2D eigenvalue weighted by atomic mass is 15.6. The molecule has 0 atom stereocenters. The molecule has 0 amide bonds. The number of nitrogens with zero attached hydrogens (tertiary/aromatic N) is 5. The zero-order valence-corrected chi connectivity index (χ0v) is 10.4. The van der Waals surface area contributed by atoms with Gasteiger partial charge in [0.25, 0.3) is 0 Å². The average Bonchev–Trinajstić information content (AvgIpc) is 2.98. The number of nitriles is 1. The minimum Gasteiger partial charge on any atom is -0.398 e. The van der Waals surface area contributed by atoms with Gasteiger partial charge in [-0.05, 0) is 23.4 Å². The van der Waals surface area contributed by atoms with Crippen LogP contribution in [0.4, 0.5) is 5.69 Å². The molecular weight excluding hydrogens is 252 g/mol. The van der Waals surface area contributed by atoms with Gasteiger partial charge in [-0.1, -0.05) is 30.3 Å². The number of aromatic nitrogens is 4. The van der Waals surface area contributed by atoms with Gasteiger partial charge in [0.15, 0.2) is 0 Å². The highest BCUT2D eigenvalue weighted by Gasteiger charge is 2.08. The van der Waals surface area contributed by atoms with E-state index in [4.69, 9.17) is 11.0 Å². The molecule has 6 heteroatoms. The summed E-state index contributed by atoms with van der Waals surface area (Å²) in [6, 6.07) is 16.6. The van der Waals surface area contributed by atoms with Crippen LogP contribution in [0.5, 0.6) is 0 Å². The Morgan fingerprint density at radius 1 is 1.10 bits per heavy atom. The minimum atomic E-state index is 0.390. The molecule has 6 nitrogen and oxygen atoms in total. The summed E-state index contributed by atoms with van der Waals surface area (Å²) >= 11 is 0. The molecule has 0 saturated carbocycles. The van der Waals surface area contributed by atoms with Gasteiger partial charge >= 0.3 is 0 Å². The van der Waals surface area contributed by atoms with Crippen LogP contribution in [0.3, 0.4) is 0 Å². The zero-order valence-electron chi connectivity index (χ0n) is 10.4. The molecule has 0 fully saturated rings. The van der Waals surface area contributed by atoms with Crippen molar-refractivity contribution in [2.45, 2.75) is 0 Å². The van der Waals surface area contributed by atoms with Gasteiger partial charge in [0, 0.05) is 11.3 Å². The predicted molar refractivity (Wildman–Crippen MR) is 73.7 cm³/mol. The molecule has 2 aromatic carbocycles. The van der Waals surface area contributed by atoms with Crippen molar-refractivity contribution >= 4 is 5.69 Å². The third kappa shape index (κ3) is 2.08. The van der Waals surface area contributed by atoms with E-state index in [0.29, 0.717) is 22.8 Å². The molecule has 20 heavy (non-hydrogen) atoms. The molecule has 2 N–H and O–H groups in total. The van der Waals surface area contributed by atoms with Gasteiger partial charge in [0.2, 0.25) is 5.82 Å². The quantitative estimate of drug-likeness (QED) is 0.710. The largest absolute Gasteiger partial charge is 0.398 e. The minimum absolute atomic E-state index is 0.390. The Balaban J connectivity index is 2.01. The Morgan fingerprint density at radius 2 is 1.90 bits per heavy atom. The lowest BCUT2D eigenvalue weighted by molar-refractivity contribution is 0.720. The average molecular weight is 262 g/mol. The van der Waals surface area contributed by atoms with E-state index in [1.165, 1.54) is 4.80 Å².